The molecule has 1 amide bonds. The van der Waals surface area contributed by atoms with Crippen LogP contribution in [0.1, 0.15) is 35.7 Å². The Labute approximate surface area is 177 Å². The third kappa shape index (κ3) is 3.66. The Morgan fingerprint density at radius 2 is 2.03 bits per heavy atom. The molecule has 1 aromatic carbocycles. The molecule has 1 fully saturated rings. The zero-order valence-electron chi connectivity index (χ0n) is 16.7. The lowest BCUT2D eigenvalue weighted by Crippen LogP contribution is -2.28. The van der Waals surface area contributed by atoms with Crippen molar-refractivity contribution in [1.29, 1.82) is 0 Å². The quantitative estimate of drug-likeness (QED) is 0.598. The molecule has 0 saturated carbocycles. The fourth-order valence-electron chi connectivity index (χ4n) is 3.45. The van der Waals surface area contributed by atoms with Crippen LogP contribution >= 0.6 is 11.8 Å². The molecule has 0 spiro atoms. The van der Waals surface area contributed by atoms with Crippen LogP contribution in [0.2, 0.25) is 0 Å². The smallest absolute Gasteiger partial charge is 0.371 e. The molecule has 0 bridgehead atoms. The van der Waals surface area contributed by atoms with Gasteiger partial charge in [-0.2, -0.15) is 0 Å². The number of amidine groups is 1. The molecule has 1 aliphatic heterocycles. The van der Waals surface area contributed by atoms with Gasteiger partial charge in [0.2, 0.25) is 5.76 Å². The Morgan fingerprint density at radius 1 is 1.23 bits per heavy atom. The molecule has 0 aliphatic carbocycles. The van der Waals surface area contributed by atoms with Gasteiger partial charge < -0.3 is 14.1 Å². The SMILES string of the molecule is CCN=C1S/C(=C\c2cn(Cc3ccc(C(=O)O)o3)c3ccccc23)C(=O)N1CC. The first-order chi connectivity index (χ1) is 14.5. The molecule has 1 N–H and O–H groups in total. The minimum absolute atomic E-state index is 0.0383. The molecule has 1 saturated heterocycles. The first kappa shape index (κ1) is 20.0. The second-order valence-corrected chi connectivity index (χ2v) is 7.73. The van der Waals surface area contributed by atoms with Gasteiger partial charge in [-0.3, -0.25) is 14.7 Å². The van der Waals surface area contributed by atoms with Crippen LogP contribution in [0.3, 0.4) is 0 Å². The summed E-state index contributed by atoms with van der Waals surface area (Å²) in [5, 5.41) is 10.8. The highest BCUT2D eigenvalue weighted by Gasteiger charge is 2.32. The standard InChI is InChI=1S/C22H21N3O4S/c1-3-23-22-25(4-2)20(26)19(30-22)11-14-12-24(17-8-6-5-7-16(14)17)13-15-9-10-18(29-15)21(27)28/h5-12H,3-4,13H2,1-2H3,(H,27,28)/b19-11-,23-22?. The maximum absolute atomic E-state index is 12.8. The number of benzene rings is 1. The molecule has 30 heavy (non-hydrogen) atoms. The van der Waals surface area contributed by atoms with Crippen molar-refractivity contribution in [2.75, 3.05) is 13.1 Å². The van der Waals surface area contributed by atoms with Crippen molar-refractivity contribution >= 4 is 45.8 Å². The summed E-state index contributed by atoms with van der Waals surface area (Å²) in [5.41, 5.74) is 1.89. The number of amides is 1. The average molecular weight is 423 g/mol. The van der Waals surface area contributed by atoms with Gasteiger partial charge in [0.15, 0.2) is 5.17 Å². The number of carboxylic acid groups (broad SMARTS) is 1. The van der Waals surface area contributed by atoms with Crippen LogP contribution < -0.4 is 0 Å². The summed E-state index contributed by atoms with van der Waals surface area (Å²) in [7, 11) is 0. The van der Waals surface area contributed by atoms with E-state index in [2.05, 4.69) is 4.99 Å². The van der Waals surface area contributed by atoms with Crippen LogP contribution in [0.4, 0.5) is 0 Å². The van der Waals surface area contributed by atoms with E-state index < -0.39 is 5.97 Å². The molecule has 3 heterocycles. The molecule has 8 heteroatoms. The summed E-state index contributed by atoms with van der Waals surface area (Å²) >= 11 is 1.39. The first-order valence-electron chi connectivity index (χ1n) is 9.67. The van der Waals surface area contributed by atoms with E-state index in [4.69, 9.17) is 9.52 Å². The van der Waals surface area contributed by atoms with Crippen molar-refractivity contribution in [3.05, 3.63) is 64.6 Å². The van der Waals surface area contributed by atoms with Crippen molar-refractivity contribution in [1.82, 2.24) is 9.47 Å². The maximum atomic E-state index is 12.8. The Bertz CT molecular complexity index is 1190. The second-order valence-electron chi connectivity index (χ2n) is 6.72. The number of likely N-dealkylation sites (N-methyl/N-ethyl adjacent to an activating group) is 1. The molecule has 4 rings (SSSR count). The number of carbonyl (C=O) groups excluding carboxylic acids is 1. The Balaban J connectivity index is 1.72. The Hall–Kier alpha value is -3.26. The van der Waals surface area contributed by atoms with E-state index in [1.54, 1.807) is 11.0 Å². The summed E-state index contributed by atoms with van der Waals surface area (Å²) in [5.74, 6) is -0.665. The molecule has 0 atom stereocenters. The largest absolute Gasteiger partial charge is 0.475 e. The molecule has 2 aromatic heterocycles. The van der Waals surface area contributed by atoms with Crippen LogP contribution in [0.15, 0.2) is 56.9 Å². The predicted octanol–water partition coefficient (Wildman–Crippen LogP) is 4.29. The number of furan rings is 1. The van der Waals surface area contributed by atoms with Crippen molar-refractivity contribution in [2.24, 2.45) is 4.99 Å². The van der Waals surface area contributed by atoms with E-state index in [1.165, 1.54) is 17.8 Å². The van der Waals surface area contributed by atoms with E-state index >= 15 is 0 Å². The molecule has 0 unspecified atom stereocenters. The minimum atomic E-state index is -1.09. The van der Waals surface area contributed by atoms with Crippen molar-refractivity contribution in [2.45, 2.75) is 20.4 Å². The summed E-state index contributed by atoms with van der Waals surface area (Å²) in [6.45, 7) is 5.48. The maximum Gasteiger partial charge on any atom is 0.371 e. The van der Waals surface area contributed by atoms with Gasteiger partial charge in [-0.15, -0.1) is 0 Å². The second kappa shape index (κ2) is 8.23. The fraction of sp³-hybridized carbons (Fsp3) is 0.227. The lowest BCUT2D eigenvalue weighted by molar-refractivity contribution is -0.122. The number of nitrogens with zero attached hydrogens (tertiary/aromatic N) is 3. The average Bonchev–Trinajstić information content (AvgIpc) is 3.41. The third-order valence-corrected chi connectivity index (χ3v) is 5.85. The third-order valence-electron chi connectivity index (χ3n) is 4.80. The lowest BCUT2D eigenvalue weighted by Gasteiger charge is -2.11. The number of fused-ring (bicyclic) bond motifs is 1. The number of carboxylic acids is 1. The zero-order chi connectivity index (χ0) is 21.3. The molecule has 1 aliphatic rings. The van der Waals surface area contributed by atoms with Gasteiger partial charge in [0.1, 0.15) is 5.76 Å². The molecule has 154 valence electrons. The van der Waals surface area contributed by atoms with Gasteiger partial charge in [0.25, 0.3) is 5.91 Å². The monoisotopic (exact) mass is 423 g/mol. The normalized spacial score (nSPS) is 17.0. The summed E-state index contributed by atoms with van der Waals surface area (Å²) in [6, 6.07) is 11.0. The fourth-order valence-corrected chi connectivity index (χ4v) is 4.54. The topological polar surface area (TPSA) is 88.0 Å². The summed E-state index contributed by atoms with van der Waals surface area (Å²) < 4.78 is 7.41. The van der Waals surface area contributed by atoms with E-state index in [-0.39, 0.29) is 11.7 Å². The van der Waals surface area contributed by atoms with Gasteiger partial charge >= 0.3 is 5.97 Å². The number of aromatic carboxylic acids is 1. The molecule has 0 radical (unpaired) electrons. The van der Waals surface area contributed by atoms with Crippen LogP contribution in [0.5, 0.6) is 0 Å². The number of hydrogen-bond donors (Lipinski definition) is 1. The van der Waals surface area contributed by atoms with E-state index in [9.17, 15) is 9.59 Å². The molecule has 7 nitrogen and oxygen atoms in total. The van der Waals surface area contributed by atoms with Gasteiger partial charge in [0, 0.05) is 35.8 Å². The number of para-hydroxylation sites is 1. The van der Waals surface area contributed by atoms with Gasteiger partial charge in [-0.1, -0.05) is 18.2 Å². The van der Waals surface area contributed by atoms with E-state index in [0.29, 0.717) is 30.3 Å². The van der Waals surface area contributed by atoms with Gasteiger partial charge in [-0.25, -0.2) is 4.79 Å². The molecular formula is C22H21N3O4S. The van der Waals surface area contributed by atoms with Crippen molar-refractivity contribution < 1.29 is 19.1 Å². The highest BCUT2D eigenvalue weighted by molar-refractivity contribution is 8.18. The number of rotatable bonds is 6. The molecule has 3 aromatic rings. The van der Waals surface area contributed by atoms with Crippen molar-refractivity contribution in [3.63, 3.8) is 0 Å². The number of carbonyl (C=O) groups is 2. The highest BCUT2D eigenvalue weighted by Crippen LogP contribution is 2.34. The Morgan fingerprint density at radius 3 is 2.73 bits per heavy atom. The lowest BCUT2D eigenvalue weighted by atomic mass is 10.1. The number of aliphatic imine (C=N–C) groups is 1. The summed E-state index contributed by atoms with van der Waals surface area (Å²) in [6.07, 6.45) is 3.86. The number of thioether (sulfide) groups is 1. The van der Waals surface area contributed by atoms with Crippen LogP contribution in [-0.2, 0) is 11.3 Å². The number of aromatic nitrogens is 1. The highest BCUT2D eigenvalue weighted by atomic mass is 32.2. The first-order valence-corrected chi connectivity index (χ1v) is 10.5. The molecular weight excluding hydrogens is 402 g/mol. The van der Waals surface area contributed by atoms with E-state index in [0.717, 1.165) is 21.6 Å². The van der Waals surface area contributed by atoms with E-state index in [1.807, 2.05) is 55.0 Å². The number of hydrogen-bond acceptors (Lipinski definition) is 5. The van der Waals surface area contributed by atoms with Crippen LogP contribution in [0.25, 0.3) is 17.0 Å². The van der Waals surface area contributed by atoms with Crippen LogP contribution in [-0.4, -0.2) is 44.7 Å². The van der Waals surface area contributed by atoms with Crippen LogP contribution in [0, 0.1) is 0 Å². The summed E-state index contributed by atoms with van der Waals surface area (Å²) in [4.78, 5) is 30.6. The Kier molecular flexibility index (Phi) is 5.50. The zero-order valence-corrected chi connectivity index (χ0v) is 17.5. The van der Waals surface area contributed by atoms with Gasteiger partial charge in [0.05, 0.1) is 11.4 Å². The predicted molar refractivity (Wildman–Crippen MR) is 118 cm³/mol. The minimum Gasteiger partial charge on any atom is -0.475 e. The van der Waals surface area contributed by atoms with Crippen molar-refractivity contribution in [3.8, 4) is 0 Å². The van der Waals surface area contributed by atoms with Gasteiger partial charge in [-0.05, 0) is 49.9 Å².